The second kappa shape index (κ2) is 7.68. The first-order valence-electron chi connectivity index (χ1n) is 7.09. The minimum Gasteiger partial charge on any atom is -0.493 e. The highest BCUT2D eigenvalue weighted by atomic mass is 16.6. The molecule has 5 heteroatoms. The van der Waals surface area contributed by atoms with Crippen molar-refractivity contribution in [2.75, 3.05) is 19.5 Å². The van der Waals surface area contributed by atoms with Gasteiger partial charge in [-0.05, 0) is 18.6 Å². The van der Waals surface area contributed by atoms with Crippen molar-refractivity contribution in [3.63, 3.8) is 0 Å². The van der Waals surface area contributed by atoms with E-state index in [1.807, 2.05) is 30.3 Å². The van der Waals surface area contributed by atoms with Gasteiger partial charge in [-0.1, -0.05) is 30.3 Å². The Kier molecular flexibility index (Phi) is 5.63. The maximum absolute atomic E-state index is 9.92. The fraction of sp³-hybridized carbons (Fsp3) is 0.294. The summed E-state index contributed by atoms with van der Waals surface area (Å²) in [6.45, 7) is 2.59. The highest BCUT2D eigenvalue weighted by Crippen LogP contribution is 2.35. The van der Waals surface area contributed by atoms with E-state index in [1.165, 1.54) is 7.11 Å². The molecule has 0 bridgehead atoms. The lowest BCUT2D eigenvalue weighted by atomic mass is 10.1. The van der Waals surface area contributed by atoms with Crippen molar-refractivity contribution >= 4 is 5.69 Å². The zero-order chi connectivity index (χ0) is 15.9. The molecule has 22 heavy (non-hydrogen) atoms. The van der Waals surface area contributed by atoms with Gasteiger partial charge in [-0.3, -0.25) is 0 Å². The van der Waals surface area contributed by atoms with Gasteiger partial charge in [0.2, 0.25) is 0 Å². The Balaban J connectivity index is 2.19. The molecule has 2 rings (SSSR count). The first kappa shape index (κ1) is 16.1. The monoisotopic (exact) mass is 303 g/mol. The zero-order valence-corrected chi connectivity index (χ0v) is 12.8. The first-order valence-corrected chi connectivity index (χ1v) is 7.09. The molecule has 0 aliphatic heterocycles. The maximum Gasteiger partial charge on any atom is 0.183 e. The number of anilines is 1. The molecule has 0 saturated carbocycles. The smallest absolute Gasteiger partial charge is 0.183 e. The van der Waals surface area contributed by atoms with E-state index in [4.69, 9.17) is 19.9 Å². The summed E-state index contributed by atoms with van der Waals surface area (Å²) < 4.78 is 16.2. The number of rotatable bonds is 7. The maximum atomic E-state index is 9.92. The zero-order valence-electron chi connectivity index (χ0n) is 12.8. The number of nitrogen functional groups attached to an aromatic ring is 1. The summed E-state index contributed by atoms with van der Waals surface area (Å²) in [4.78, 5) is 0. The molecular formula is C17H21NO4. The minimum atomic E-state index is -1.08. The SMILES string of the molecule is CCOC(O)c1cc(OC)c(OCc2ccccc2)cc1N. The van der Waals surface area contributed by atoms with E-state index in [0.717, 1.165) is 5.56 Å². The Bertz CT molecular complexity index is 601. The van der Waals surface area contributed by atoms with Gasteiger partial charge < -0.3 is 25.1 Å². The summed E-state index contributed by atoms with van der Waals surface area (Å²) in [6, 6.07) is 13.1. The van der Waals surface area contributed by atoms with Crippen molar-refractivity contribution in [3.8, 4) is 11.5 Å². The van der Waals surface area contributed by atoms with Crippen molar-refractivity contribution < 1.29 is 19.3 Å². The first-order chi connectivity index (χ1) is 10.7. The van der Waals surface area contributed by atoms with Crippen LogP contribution >= 0.6 is 0 Å². The number of methoxy groups -OCH3 is 1. The Hall–Kier alpha value is -2.24. The number of benzene rings is 2. The second-order valence-corrected chi connectivity index (χ2v) is 4.71. The Morgan fingerprint density at radius 3 is 2.50 bits per heavy atom. The predicted octanol–water partition coefficient (Wildman–Crippen LogP) is 2.88. The fourth-order valence-corrected chi connectivity index (χ4v) is 2.06. The van der Waals surface area contributed by atoms with Gasteiger partial charge in [0.1, 0.15) is 6.61 Å². The van der Waals surface area contributed by atoms with Gasteiger partial charge in [0.15, 0.2) is 17.8 Å². The molecule has 118 valence electrons. The van der Waals surface area contributed by atoms with E-state index in [9.17, 15) is 5.11 Å². The third-order valence-electron chi connectivity index (χ3n) is 3.20. The van der Waals surface area contributed by atoms with E-state index >= 15 is 0 Å². The van der Waals surface area contributed by atoms with Crippen LogP contribution in [0.1, 0.15) is 24.3 Å². The summed E-state index contributed by atoms with van der Waals surface area (Å²) in [5.74, 6) is 1.02. The van der Waals surface area contributed by atoms with Gasteiger partial charge in [-0.2, -0.15) is 0 Å². The molecule has 1 unspecified atom stereocenters. The molecule has 2 aromatic carbocycles. The van der Waals surface area contributed by atoms with Crippen LogP contribution in [0, 0.1) is 0 Å². The number of aliphatic hydroxyl groups excluding tert-OH is 1. The third-order valence-corrected chi connectivity index (χ3v) is 3.20. The molecule has 1 atom stereocenters. The number of hydrogen-bond acceptors (Lipinski definition) is 5. The number of nitrogens with two attached hydrogens (primary N) is 1. The lowest BCUT2D eigenvalue weighted by molar-refractivity contribution is -0.0975. The summed E-state index contributed by atoms with van der Waals surface area (Å²) in [5, 5.41) is 9.92. The van der Waals surface area contributed by atoms with Gasteiger partial charge in [0.05, 0.1) is 7.11 Å². The largest absolute Gasteiger partial charge is 0.493 e. The molecule has 0 spiro atoms. The summed E-state index contributed by atoms with van der Waals surface area (Å²) in [5.41, 5.74) is 7.87. The summed E-state index contributed by atoms with van der Waals surface area (Å²) in [7, 11) is 1.54. The van der Waals surface area contributed by atoms with Crippen molar-refractivity contribution in [2.45, 2.75) is 19.8 Å². The lowest BCUT2D eigenvalue weighted by Gasteiger charge is -2.17. The standard InChI is InChI=1S/C17H21NO4/c1-3-21-17(19)13-9-15(20-2)16(10-14(13)18)22-11-12-7-5-4-6-8-12/h4-10,17,19H,3,11,18H2,1-2H3. The van der Waals surface area contributed by atoms with E-state index in [0.29, 0.717) is 36.0 Å². The molecule has 3 N–H and O–H groups in total. The van der Waals surface area contributed by atoms with Gasteiger partial charge in [-0.15, -0.1) is 0 Å². The molecule has 0 heterocycles. The van der Waals surface area contributed by atoms with Crippen LogP contribution < -0.4 is 15.2 Å². The van der Waals surface area contributed by atoms with Gasteiger partial charge in [-0.25, -0.2) is 0 Å². The normalized spacial score (nSPS) is 12.0. The van der Waals surface area contributed by atoms with Gasteiger partial charge >= 0.3 is 0 Å². The quantitative estimate of drug-likeness (QED) is 0.608. The topological polar surface area (TPSA) is 73.9 Å². The van der Waals surface area contributed by atoms with Crippen LogP contribution in [-0.2, 0) is 11.3 Å². The number of ether oxygens (including phenoxy) is 3. The third kappa shape index (κ3) is 3.90. The highest BCUT2D eigenvalue weighted by molar-refractivity contribution is 5.58. The summed E-state index contributed by atoms with van der Waals surface area (Å²) >= 11 is 0. The molecule has 0 amide bonds. The van der Waals surface area contributed by atoms with Crippen LogP contribution in [0.2, 0.25) is 0 Å². The minimum absolute atomic E-state index is 0.384. The number of aliphatic hydroxyl groups is 1. The Morgan fingerprint density at radius 1 is 1.14 bits per heavy atom. The van der Waals surface area contributed by atoms with Crippen molar-refractivity contribution in [3.05, 3.63) is 53.6 Å². The van der Waals surface area contributed by atoms with Crippen LogP contribution in [0.25, 0.3) is 0 Å². The highest BCUT2D eigenvalue weighted by Gasteiger charge is 2.16. The van der Waals surface area contributed by atoms with Crippen molar-refractivity contribution in [2.24, 2.45) is 0 Å². The van der Waals surface area contributed by atoms with Crippen LogP contribution in [0.5, 0.6) is 11.5 Å². The fourth-order valence-electron chi connectivity index (χ4n) is 2.06. The Morgan fingerprint density at radius 2 is 1.86 bits per heavy atom. The van der Waals surface area contributed by atoms with Crippen LogP contribution in [0.3, 0.4) is 0 Å². The predicted molar refractivity (Wildman–Crippen MR) is 84.8 cm³/mol. The molecule has 2 aromatic rings. The molecule has 0 aliphatic carbocycles. The van der Waals surface area contributed by atoms with E-state index in [-0.39, 0.29) is 0 Å². The molecular weight excluding hydrogens is 282 g/mol. The summed E-state index contributed by atoms with van der Waals surface area (Å²) in [6.07, 6.45) is -1.08. The lowest BCUT2D eigenvalue weighted by Crippen LogP contribution is -2.08. The average Bonchev–Trinajstić information content (AvgIpc) is 2.54. The van der Waals surface area contributed by atoms with Crippen LogP contribution in [-0.4, -0.2) is 18.8 Å². The molecule has 0 aliphatic rings. The van der Waals surface area contributed by atoms with E-state index in [2.05, 4.69) is 0 Å². The molecule has 0 fully saturated rings. The van der Waals surface area contributed by atoms with Crippen LogP contribution in [0.4, 0.5) is 5.69 Å². The van der Waals surface area contributed by atoms with Crippen molar-refractivity contribution in [1.82, 2.24) is 0 Å². The second-order valence-electron chi connectivity index (χ2n) is 4.71. The molecule has 0 aromatic heterocycles. The Labute approximate surface area is 130 Å². The van der Waals surface area contributed by atoms with Crippen LogP contribution in [0.15, 0.2) is 42.5 Å². The average molecular weight is 303 g/mol. The van der Waals surface area contributed by atoms with Crippen molar-refractivity contribution in [1.29, 1.82) is 0 Å². The molecule has 0 saturated heterocycles. The van der Waals surface area contributed by atoms with E-state index < -0.39 is 6.29 Å². The number of hydrogen-bond donors (Lipinski definition) is 2. The molecule has 5 nitrogen and oxygen atoms in total. The van der Waals surface area contributed by atoms with E-state index in [1.54, 1.807) is 19.1 Å². The van der Waals surface area contributed by atoms with Gasteiger partial charge in [0, 0.05) is 23.9 Å². The van der Waals surface area contributed by atoms with Gasteiger partial charge in [0.25, 0.3) is 0 Å². The molecule has 0 radical (unpaired) electrons.